The average molecular weight is 373 g/mol. The van der Waals surface area contributed by atoms with Crippen LogP contribution in [0.15, 0.2) is 42.7 Å². The molecule has 7 heteroatoms. The number of carboxylic acid groups (broad SMARTS) is 1. The fourth-order valence-electron chi connectivity index (χ4n) is 2.81. The van der Waals surface area contributed by atoms with Crippen LogP contribution in [0, 0.1) is 0 Å². The Kier molecular flexibility index (Phi) is 4.86. The van der Waals surface area contributed by atoms with Gasteiger partial charge in [0.05, 0.1) is 10.7 Å². The van der Waals surface area contributed by atoms with Crippen molar-refractivity contribution in [3.63, 3.8) is 0 Å². The van der Waals surface area contributed by atoms with E-state index in [1.54, 1.807) is 23.9 Å². The van der Waals surface area contributed by atoms with Crippen molar-refractivity contribution in [2.75, 3.05) is 5.32 Å². The first-order valence-electron chi connectivity index (χ1n) is 7.94. The highest BCUT2D eigenvalue weighted by atomic mass is 35.5. The number of aromatic nitrogens is 1. The minimum Gasteiger partial charge on any atom is -0.506 e. The number of nitrogens with one attached hydrogen (secondary N) is 1. The van der Waals surface area contributed by atoms with Gasteiger partial charge in [-0.25, -0.2) is 4.79 Å². The van der Waals surface area contributed by atoms with Gasteiger partial charge in [-0.3, -0.25) is 4.79 Å². The molecule has 0 bridgehead atoms. The van der Waals surface area contributed by atoms with Crippen LogP contribution in [0.25, 0.3) is 10.8 Å². The number of carboxylic acids is 1. The van der Waals surface area contributed by atoms with Crippen molar-refractivity contribution in [3.8, 4) is 5.75 Å². The summed E-state index contributed by atoms with van der Waals surface area (Å²) in [5, 5.41) is 23.4. The molecule has 3 N–H and O–H groups in total. The number of phenolic OH excluding ortho intramolecular Hbond substituents is 1. The number of fused-ring (bicyclic) bond motifs is 1. The number of amides is 1. The van der Waals surface area contributed by atoms with Gasteiger partial charge in [0.2, 0.25) is 5.91 Å². The highest BCUT2D eigenvalue weighted by Gasteiger charge is 2.15. The maximum atomic E-state index is 12.2. The summed E-state index contributed by atoms with van der Waals surface area (Å²) in [5.74, 6) is -1.32. The van der Waals surface area contributed by atoms with Crippen molar-refractivity contribution >= 4 is 39.9 Å². The van der Waals surface area contributed by atoms with Gasteiger partial charge in [-0.15, -0.1) is 0 Å². The van der Waals surface area contributed by atoms with Gasteiger partial charge in [-0.05, 0) is 23.4 Å². The number of aryl methyl sites for hydroxylation is 2. The molecule has 0 fully saturated rings. The lowest BCUT2D eigenvalue weighted by atomic mass is 10.0. The van der Waals surface area contributed by atoms with Crippen molar-refractivity contribution in [1.29, 1.82) is 0 Å². The summed E-state index contributed by atoms with van der Waals surface area (Å²) >= 11 is 6.07. The molecule has 3 rings (SSSR count). The van der Waals surface area contributed by atoms with Gasteiger partial charge in [-0.1, -0.05) is 35.9 Å². The third-order valence-corrected chi connectivity index (χ3v) is 4.50. The molecule has 134 valence electrons. The highest BCUT2D eigenvalue weighted by Crippen LogP contribution is 2.32. The van der Waals surface area contributed by atoms with Gasteiger partial charge in [0.25, 0.3) is 0 Å². The number of phenols is 1. The number of halogens is 1. The van der Waals surface area contributed by atoms with Gasteiger partial charge in [0.15, 0.2) is 0 Å². The van der Waals surface area contributed by atoms with Crippen LogP contribution < -0.4 is 5.32 Å². The third kappa shape index (κ3) is 3.65. The molecular weight excluding hydrogens is 356 g/mol. The Morgan fingerprint density at radius 1 is 1.19 bits per heavy atom. The van der Waals surface area contributed by atoms with Gasteiger partial charge >= 0.3 is 5.97 Å². The third-order valence-electron chi connectivity index (χ3n) is 4.10. The van der Waals surface area contributed by atoms with Crippen molar-refractivity contribution in [3.05, 3.63) is 58.9 Å². The normalized spacial score (nSPS) is 10.8. The number of carbonyl (C=O) groups is 2. The van der Waals surface area contributed by atoms with E-state index in [9.17, 15) is 14.7 Å². The summed E-state index contributed by atoms with van der Waals surface area (Å²) in [5.41, 5.74) is 1.28. The molecule has 0 saturated carbocycles. The van der Waals surface area contributed by atoms with Crippen LogP contribution in [0.3, 0.4) is 0 Å². The molecule has 0 spiro atoms. The number of benzene rings is 2. The van der Waals surface area contributed by atoms with E-state index in [1.807, 2.05) is 18.2 Å². The van der Waals surface area contributed by atoms with Crippen LogP contribution in [0.4, 0.5) is 5.69 Å². The van der Waals surface area contributed by atoms with Crippen molar-refractivity contribution in [1.82, 2.24) is 4.57 Å². The zero-order chi connectivity index (χ0) is 18.8. The maximum Gasteiger partial charge on any atom is 0.339 e. The lowest BCUT2D eigenvalue weighted by molar-refractivity contribution is -0.116. The number of carbonyl (C=O) groups excluding carboxylic acids is 1. The molecule has 3 aromatic rings. The van der Waals surface area contributed by atoms with Crippen molar-refractivity contribution in [2.24, 2.45) is 7.05 Å². The fourth-order valence-corrected chi connectivity index (χ4v) is 3.04. The van der Waals surface area contributed by atoms with E-state index in [0.717, 1.165) is 16.3 Å². The van der Waals surface area contributed by atoms with Crippen molar-refractivity contribution < 1.29 is 19.8 Å². The zero-order valence-corrected chi connectivity index (χ0v) is 14.7. The number of hydrogen-bond donors (Lipinski definition) is 3. The molecular formula is C19H17ClN2O4. The summed E-state index contributed by atoms with van der Waals surface area (Å²) in [6.07, 6.45) is 3.72. The number of nitrogens with zero attached hydrogens (tertiary/aromatic N) is 1. The summed E-state index contributed by atoms with van der Waals surface area (Å²) in [4.78, 5) is 23.3. The van der Waals surface area contributed by atoms with Gasteiger partial charge in [-0.2, -0.15) is 0 Å². The Hall–Kier alpha value is -2.99. The minimum absolute atomic E-state index is 0.0309. The maximum absolute atomic E-state index is 12.2. The zero-order valence-electron chi connectivity index (χ0n) is 14.0. The topological polar surface area (TPSA) is 91.6 Å². The quantitative estimate of drug-likeness (QED) is 0.635. The number of aromatic hydroxyl groups is 1. The first-order valence-corrected chi connectivity index (χ1v) is 8.32. The van der Waals surface area contributed by atoms with E-state index in [2.05, 4.69) is 5.32 Å². The first kappa shape index (κ1) is 17.8. The van der Waals surface area contributed by atoms with Crippen LogP contribution in [-0.4, -0.2) is 26.7 Å². The Balaban J connectivity index is 1.69. The van der Waals surface area contributed by atoms with Crippen LogP contribution in [0.2, 0.25) is 5.02 Å². The fraction of sp³-hybridized carbons (Fsp3) is 0.158. The van der Waals surface area contributed by atoms with E-state index < -0.39 is 5.97 Å². The molecule has 2 aromatic carbocycles. The summed E-state index contributed by atoms with van der Waals surface area (Å²) < 4.78 is 1.58. The molecule has 1 aromatic heterocycles. The van der Waals surface area contributed by atoms with E-state index in [4.69, 9.17) is 16.7 Å². The molecule has 26 heavy (non-hydrogen) atoms. The molecule has 1 amide bonds. The van der Waals surface area contributed by atoms with Crippen LogP contribution >= 0.6 is 11.6 Å². The Labute approximate surface area is 154 Å². The predicted molar refractivity (Wildman–Crippen MR) is 99.9 cm³/mol. The van der Waals surface area contributed by atoms with E-state index >= 15 is 0 Å². The Bertz CT molecular complexity index is 1010. The summed E-state index contributed by atoms with van der Waals surface area (Å²) in [6, 6.07) is 8.88. The molecule has 0 saturated heterocycles. The second kappa shape index (κ2) is 7.09. The standard InChI is InChI=1S/C19H17ClN2O4/c1-22-9-14(19(25)26)15(10-22)21-17(24)7-3-11-2-5-13-12(8-11)4-6-16(23)18(13)20/h2,4-6,8-10,23H,3,7H2,1H3,(H,21,24)(H,25,26). The molecule has 0 aliphatic carbocycles. The second-order valence-electron chi connectivity index (χ2n) is 6.06. The van der Waals surface area contributed by atoms with Crippen molar-refractivity contribution in [2.45, 2.75) is 12.8 Å². The minimum atomic E-state index is -1.09. The summed E-state index contributed by atoms with van der Waals surface area (Å²) in [6.45, 7) is 0. The van der Waals surface area contributed by atoms with Gasteiger partial charge < -0.3 is 20.1 Å². The Morgan fingerprint density at radius 2 is 1.96 bits per heavy atom. The van der Waals surface area contributed by atoms with E-state index in [0.29, 0.717) is 11.4 Å². The molecule has 0 aliphatic rings. The molecule has 0 aliphatic heterocycles. The van der Waals surface area contributed by atoms with E-state index in [-0.39, 0.29) is 29.3 Å². The van der Waals surface area contributed by atoms with Gasteiger partial charge in [0.1, 0.15) is 11.3 Å². The lowest BCUT2D eigenvalue weighted by Crippen LogP contribution is -2.14. The number of hydrogen-bond acceptors (Lipinski definition) is 3. The first-order chi connectivity index (χ1) is 12.3. The number of rotatable bonds is 5. The van der Waals surface area contributed by atoms with Gasteiger partial charge in [0, 0.05) is 31.2 Å². The van der Waals surface area contributed by atoms with Crippen LogP contribution in [0.1, 0.15) is 22.3 Å². The van der Waals surface area contributed by atoms with Crippen LogP contribution in [-0.2, 0) is 18.3 Å². The smallest absolute Gasteiger partial charge is 0.339 e. The van der Waals surface area contributed by atoms with Crippen LogP contribution in [0.5, 0.6) is 5.75 Å². The molecule has 6 nitrogen and oxygen atoms in total. The number of anilines is 1. The lowest BCUT2D eigenvalue weighted by Gasteiger charge is -2.07. The summed E-state index contributed by atoms with van der Waals surface area (Å²) in [7, 11) is 1.69. The molecule has 0 unspecified atom stereocenters. The molecule has 0 radical (unpaired) electrons. The molecule has 1 heterocycles. The second-order valence-corrected chi connectivity index (χ2v) is 6.44. The average Bonchev–Trinajstić information content (AvgIpc) is 2.97. The predicted octanol–water partition coefficient (Wildman–Crippen LogP) is 3.81. The highest BCUT2D eigenvalue weighted by molar-refractivity contribution is 6.37. The monoisotopic (exact) mass is 372 g/mol. The van der Waals surface area contributed by atoms with E-state index in [1.165, 1.54) is 12.3 Å². The number of aromatic carboxylic acids is 1. The molecule has 0 atom stereocenters. The largest absolute Gasteiger partial charge is 0.506 e. The SMILES string of the molecule is Cn1cc(NC(=O)CCc2ccc3c(Cl)c(O)ccc3c2)c(C(=O)O)c1. The Morgan fingerprint density at radius 3 is 2.69 bits per heavy atom.